The van der Waals surface area contributed by atoms with E-state index in [1.807, 2.05) is 50.2 Å². The van der Waals surface area contributed by atoms with Gasteiger partial charge in [-0.2, -0.15) is 0 Å². The van der Waals surface area contributed by atoms with E-state index in [1.54, 1.807) is 12.1 Å². The summed E-state index contributed by atoms with van der Waals surface area (Å²) in [6.07, 6.45) is 1.62. The Hall–Kier alpha value is -1.85. The maximum absolute atomic E-state index is 12.8. The zero-order chi connectivity index (χ0) is 16.9. The summed E-state index contributed by atoms with van der Waals surface area (Å²) in [4.78, 5) is 0.178. The number of hydrogen-bond donors (Lipinski definition) is 1. The Morgan fingerprint density at radius 1 is 1.13 bits per heavy atom. The number of aryl methyl sites for hydroxylation is 1. The summed E-state index contributed by atoms with van der Waals surface area (Å²) >= 11 is 0. The van der Waals surface area contributed by atoms with Crippen molar-refractivity contribution in [2.75, 3.05) is 7.11 Å². The van der Waals surface area contributed by atoms with Crippen LogP contribution in [-0.2, 0) is 10.0 Å². The fourth-order valence-corrected chi connectivity index (χ4v) is 4.03. The Labute approximate surface area is 138 Å². The van der Waals surface area contributed by atoms with Crippen LogP contribution >= 0.6 is 0 Å². The lowest BCUT2D eigenvalue weighted by Crippen LogP contribution is -2.29. The molecule has 2 aromatic carbocycles. The number of ether oxygens (including phenoxy) is 1. The molecule has 4 nitrogen and oxygen atoms in total. The molecule has 0 radical (unpaired) electrons. The van der Waals surface area contributed by atoms with Gasteiger partial charge in [-0.3, -0.25) is 0 Å². The summed E-state index contributed by atoms with van der Waals surface area (Å²) in [5, 5.41) is 0. The van der Waals surface area contributed by atoms with E-state index in [-0.39, 0.29) is 10.9 Å². The van der Waals surface area contributed by atoms with E-state index < -0.39 is 10.0 Å². The molecule has 0 aromatic heterocycles. The Kier molecular flexibility index (Phi) is 5.80. The Morgan fingerprint density at radius 2 is 1.83 bits per heavy atom. The van der Waals surface area contributed by atoms with Gasteiger partial charge in [0.25, 0.3) is 0 Å². The Balaban J connectivity index is 2.37. The molecule has 0 bridgehead atoms. The smallest absolute Gasteiger partial charge is 0.244 e. The van der Waals surface area contributed by atoms with E-state index in [0.29, 0.717) is 5.75 Å². The van der Waals surface area contributed by atoms with Crippen molar-refractivity contribution in [3.05, 3.63) is 59.7 Å². The minimum atomic E-state index is -3.67. The zero-order valence-corrected chi connectivity index (χ0v) is 14.6. The minimum Gasteiger partial charge on any atom is -0.495 e. The largest absolute Gasteiger partial charge is 0.495 e. The number of rotatable bonds is 7. The van der Waals surface area contributed by atoms with Gasteiger partial charge in [0.1, 0.15) is 10.6 Å². The van der Waals surface area contributed by atoms with Gasteiger partial charge in [-0.15, -0.1) is 0 Å². The third-order valence-corrected chi connectivity index (χ3v) is 5.18. The quantitative estimate of drug-likeness (QED) is 0.838. The lowest BCUT2D eigenvalue weighted by Gasteiger charge is -2.20. The van der Waals surface area contributed by atoms with E-state index >= 15 is 0 Å². The van der Waals surface area contributed by atoms with Crippen molar-refractivity contribution in [2.45, 2.75) is 37.6 Å². The lowest BCUT2D eigenvalue weighted by molar-refractivity contribution is 0.401. The van der Waals surface area contributed by atoms with Crippen molar-refractivity contribution in [2.24, 2.45) is 0 Å². The molecule has 0 spiro atoms. The van der Waals surface area contributed by atoms with E-state index in [4.69, 9.17) is 4.74 Å². The second-order valence-electron chi connectivity index (χ2n) is 5.53. The standard InChI is InChI=1S/C18H23NO3S/c1-4-8-16(15-9-6-5-7-10-15)19-23(20,21)18-13-14(2)11-12-17(18)22-3/h5-7,9-13,16,19H,4,8H2,1-3H3/t16-/m1/s1. The molecule has 2 rings (SSSR count). The van der Waals surface area contributed by atoms with Crippen LogP contribution in [0.2, 0.25) is 0 Å². The molecule has 0 amide bonds. The highest BCUT2D eigenvalue weighted by Crippen LogP contribution is 2.27. The molecule has 0 fully saturated rings. The molecular weight excluding hydrogens is 310 g/mol. The highest BCUT2D eigenvalue weighted by molar-refractivity contribution is 7.89. The molecule has 23 heavy (non-hydrogen) atoms. The SMILES string of the molecule is CCC[C@@H](NS(=O)(=O)c1cc(C)ccc1OC)c1ccccc1. The zero-order valence-electron chi connectivity index (χ0n) is 13.7. The first-order valence-electron chi connectivity index (χ1n) is 7.70. The van der Waals surface area contributed by atoms with Crippen LogP contribution in [0.1, 0.15) is 36.9 Å². The predicted octanol–water partition coefficient (Wildman–Crippen LogP) is 3.82. The van der Waals surface area contributed by atoms with Gasteiger partial charge in [0.05, 0.1) is 7.11 Å². The van der Waals surface area contributed by atoms with Crippen LogP contribution in [0, 0.1) is 6.92 Å². The van der Waals surface area contributed by atoms with Gasteiger partial charge < -0.3 is 4.74 Å². The van der Waals surface area contributed by atoms with E-state index in [0.717, 1.165) is 24.0 Å². The first-order chi connectivity index (χ1) is 11.0. The summed E-state index contributed by atoms with van der Waals surface area (Å²) in [6, 6.07) is 14.5. The third kappa shape index (κ3) is 4.33. The lowest BCUT2D eigenvalue weighted by atomic mass is 10.0. The van der Waals surface area contributed by atoms with Crippen molar-refractivity contribution in [1.82, 2.24) is 4.72 Å². The van der Waals surface area contributed by atoms with Gasteiger partial charge in [0, 0.05) is 6.04 Å². The molecule has 1 atom stereocenters. The number of benzene rings is 2. The first kappa shape index (κ1) is 17.5. The first-order valence-corrected chi connectivity index (χ1v) is 9.18. The highest BCUT2D eigenvalue weighted by Gasteiger charge is 2.24. The molecule has 0 saturated carbocycles. The third-order valence-electron chi connectivity index (χ3n) is 3.69. The molecule has 1 N–H and O–H groups in total. The number of methoxy groups -OCH3 is 1. The van der Waals surface area contributed by atoms with Crippen molar-refractivity contribution < 1.29 is 13.2 Å². The van der Waals surface area contributed by atoms with E-state index in [2.05, 4.69) is 4.72 Å². The van der Waals surface area contributed by atoms with Gasteiger partial charge in [0.15, 0.2) is 0 Å². The topological polar surface area (TPSA) is 55.4 Å². The molecule has 124 valence electrons. The molecule has 0 aliphatic heterocycles. The maximum Gasteiger partial charge on any atom is 0.244 e. The van der Waals surface area contributed by atoms with Crippen LogP contribution in [0.5, 0.6) is 5.75 Å². The van der Waals surface area contributed by atoms with Gasteiger partial charge in [0.2, 0.25) is 10.0 Å². The van der Waals surface area contributed by atoms with Crippen molar-refractivity contribution in [3.8, 4) is 5.75 Å². The molecule has 0 aliphatic rings. The van der Waals surface area contributed by atoms with Crippen LogP contribution in [0.25, 0.3) is 0 Å². The van der Waals surface area contributed by atoms with Gasteiger partial charge in [-0.05, 0) is 36.6 Å². The second kappa shape index (κ2) is 7.62. The van der Waals surface area contributed by atoms with Crippen LogP contribution in [0.15, 0.2) is 53.4 Å². The maximum atomic E-state index is 12.8. The number of nitrogens with one attached hydrogen (secondary N) is 1. The van der Waals surface area contributed by atoms with Gasteiger partial charge in [-0.1, -0.05) is 49.7 Å². The fourth-order valence-electron chi connectivity index (χ4n) is 2.51. The molecular formula is C18H23NO3S. The molecule has 0 aliphatic carbocycles. The molecule has 0 heterocycles. The molecule has 0 unspecified atom stereocenters. The highest BCUT2D eigenvalue weighted by atomic mass is 32.2. The predicted molar refractivity (Wildman–Crippen MR) is 92.1 cm³/mol. The summed E-state index contributed by atoms with van der Waals surface area (Å²) in [5.41, 5.74) is 1.84. The molecule has 2 aromatic rings. The summed E-state index contributed by atoms with van der Waals surface area (Å²) < 4.78 is 33.7. The molecule has 0 saturated heterocycles. The number of hydrogen-bond acceptors (Lipinski definition) is 3. The van der Waals surface area contributed by atoms with Crippen molar-refractivity contribution >= 4 is 10.0 Å². The monoisotopic (exact) mass is 333 g/mol. The minimum absolute atomic E-state index is 0.178. The van der Waals surface area contributed by atoms with Crippen LogP contribution < -0.4 is 9.46 Å². The summed E-state index contributed by atoms with van der Waals surface area (Å²) in [5.74, 6) is 0.353. The van der Waals surface area contributed by atoms with Crippen LogP contribution in [0.4, 0.5) is 0 Å². The van der Waals surface area contributed by atoms with Crippen LogP contribution in [-0.4, -0.2) is 15.5 Å². The average Bonchev–Trinajstić information content (AvgIpc) is 2.55. The fraction of sp³-hybridized carbons (Fsp3) is 0.333. The van der Waals surface area contributed by atoms with Crippen molar-refractivity contribution in [1.29, 1.82) is 0 Å². The van der Waals surface area contributed by atoms with E-state index in [9.17, 15) is 8.42 Å². The summed E-state index contributed by atoms with van der Waals surface area (Å²) in [7, 11) is -2.19. The number of sulfonamides is 1. The average molecular weight is 333 g/mol. The van der Waals surface area contributed by atoms with Crippen LogP contribution in [0.3, 0.4) is 0 Å². The normalized spacial score (nSPS) is 12.8. The summed E-state index contributed by atoms with van der Waals surface area (Å²) in [6.45, 7) is 3.90. The Morgan fingerprint density at radius 3 is 2.43 bits per heavy atom. The Bertz CT molecular complexity index is 742. The second-order valence-corrected chi connectivity index (χ2v) is 7.21. The van der Waals surface area contributed by atoms with E-state index in [1.165, 1.54) is 7.11 Å². The van der Waals surface area contributed by atoms with Gasteiger partial charge >= 0.3 is 0 Å². The molecule has 5 heteroatoms. The van der Waals surface area contributed by atoms with Crippen molar-refractivity contribution in [3.63, 3.8) is 0 Å². The van der Waals surface area contributed by atoms with Gasteiger partial charge in [-0.25, -0.2) is 13.1 Å².